The molecule has 7 heteroatoms. The average molecular weight is 310 g/mol. The first-order valence-electron chi connectivity index (χ1n) is 8.35. The van der Waals surface area contributed by atoms with Crippen LogP contribution >= 0.6 is 0 Å². The SMILES string of the molecule is NC(=O)N1CCC(C2=NOCC(CN3CCCCC3)O2)CC1. The monoisotopic (exact) mass is 310 g/mol. The molecule has 0 saturated carbocycles. The van der Waals surface area contributed by atoms with E-state index < -0.39 is 0 Å². The molecule has 22 heavy (non-hydrogen) atoms. The molecular formula is C15H26N4O3. The average Bonchev–Trinajstić information content (AvgIpc) is 2.56. The van der Waals surface area contributed by atoms with Gasteiger partial charge in [-0.15, -0.1) is 0 Å². The first kappa shape index (κ1) is 15.4. The zero-order valence-corrected chi connectivity index (χ0v) is 13.1. The van der Waals surface area contributed by atoms with Crippen molar-refractivity contribution in [3.8, 4) is 0 Å². The van der Waals surface area contributed by atoms with Crippen molar-refractivity contribution in [2.45, 2.75) is 38.2 Å². The molecule has 0 bridgehead atoms. The van der Waals surface area contributed by atoms with E-state index in [1.807, 2.05) is 0 Å². The van der Waals surface area contributed by atoms with Gasteiger partial charge in [0.2, 0.25) is 5.90 Å². The topological polar surface area (TPSA) is 80.4 Å². The molecule has 0 aromatic rings. The van der Waals surface area contributed by atoms with Gasteiger partial charge in [-0.05, 0) is 38.8 Å². The molecular weight excluding hydrogens is 284 g/mol. The Hall–Kier alpha value is -1.50. The van der Waals surface area contributed by atoms with Crippen molar-refractivity contribution in [3.05, 3.63) is 0 Å². The van der Waals surface area contributed by atoms with Gasteiger partial charge in [-0.1, -0.05) is 11.6 Å². The number of likely N-dealkylation sites (tertiary alicyclic amines) is 2. The number of hydrogen-bond donors (Lipinski definition) is 1. The predicted octanol–water partition coefficient (Wildman–Crippen LogP) is 0.992. The number of carbonyl (C=O) groups excluding carboxylic acids is 1. The molecule has 2 N–H and O–H groups in total. The van der Waals surface area contributed by atoms with Crippen LogP contribution < -0.4 is 5.73 Å². The number of nitrogens with two attached hydrogens (primary N) is 1. The van der Waals surface area contributed by atoms with Gasteiger partial charge in [0.1, 0.15) is 6.10 Å². The summed E-state index contributed by atoms with van der Waals surface area (Å²) in [4.78, 5) is 20.7. The number of primary amides is 1. The second-order valence-corrected chi connectivity index (χ2v) is 6.43. The van der Waals surface area contributed by atoms with Crippen molar-refractivity contribution >= 4 is 11.9 Å². The summed E-state index contributed by atoms with van der Waals surface area (Å²) in [6.45, 7) is 5.09. The Labute approximate surface area is 131 Å². The van der Waals surface area contributed by atoms with Crippen LogP contribution in [0.4, 0.5) is 4.79 Å². The van der Waals surface area contributed by atoms with Crippen molar-refractivity contribution < 1.29 is 14.4 Å². The van der Waals surface area contributed by atoms with E-state index in [0.29, 0.717) is 25.6 Å². The van der Waals surface area contributed by atoms with Crippen LogP contribution in [0, 0.1) is 5.92 Å². The van der Waals surface area contributed by atoms with E-state index in [1.165, 1.54) is 19.3 Å². The van der Waals surface area contributed by atoms with E-state index in [9.17, 15) is 4.79 Å². The predicted molar refractivity (Wildman–Crippen MR) is 82.4 cm³/mol. The van der Waals surface area contributed by atoms with E-state index in [4.69, 9.17) is 15.3 Å². The van der Waals surface area contributed by atoms with Gasteiger partial charge in [0, 0.05) is 25.6 Å². The third-order valence-electron chi connectivity index (χ3n) is 4.77. The molecule has 1 atom stereocenters. The van der Waals surface area contributed by atoms with Gasteiger partial charge in [-0.2, -0.15) is 0 Å². The fourth-order valence-corrected chi connectivity index (χ4v) is 3.45. The zero-order chi connectivity index (χ0) is 15.4. The number of piperidine rings is 2. The van der Waals surface area contributed by atoms with E-state index in [1.54, 1.807) is 4.90 Å². The van der Waals surface area contributed by atoms with Gasteiger partial charge in [0.25, 0.3) is 0 Å². The smallest absolute Gasteiger partial charge is 0.314 e. The fraction of sp³-hybridized carbons (Fsp3) is 0.867. The highest BCUT2D eigenvalue weighted by Gasteiger charge is 2.31. The second kappa shape index (κ2) is 7.17. The minimum absolute atomic E-state index is 0.0692. The highest BCUT2D eigenvalue weighted by atomic mass is 16.7. The molecule has 2 fully saturated rings. The van der Waals surface area contributed by atoms with Crippen LogP contribution in [-0.2, 0) is 9.57 Å². The van der Waals surface area contributed by atoms with Crippen molar-refractivity contribution in [2.24, 2.45) is 16.8 Å². The molecule has 124 valence electrons. The number of ether oxygens (including phenoxy) is 1. The Morgan fingerprint density at radius 1 is 1.18 bits per heavy atom. The highest BCUT2D eigenvalue weighted by molar-refractivity contribution is 5.79. The molecule has 0 spiro atoms. The lowest BCUT2D eigenvalue weighted by Crippen LogP contribution is -2.46. The number of nitrogens with zero attached hydrogens (tertiary/aromatic N) is 3. The summed E-state index contributed by atoms with van der Waals surface area (Å²) >= 11 is 0. The quantitative estimate of drug-likeness (QED) is 0.843. The lowest BCUT2D eigenvalue weighted by atomic mass is 9.96. The van der Waals surface area contributed by atoms with Crippen molar-refractivity contribution in [1.29, 1.82) is 0 Å². The Kier molecular flexibility index (Phi) is 5.02. The molecule has 0 radical (unpaired) electrons. The maximum atomic E-state index is 11.2. The Morgan fingerprint density at radius 2 is 1.91 bits per heavy atom. The minimum atomic E-state index is -0.343. The first-order chi connectivity index (χ1) is 10.7. The third-order valence-corrected chi connectivity index (χ3v) is 4.77. The molecule has 0 aromatic heterocycles. The number of amides is 2. The van der Waals surface area contributed by atoms with E-state index in [0.717, 1.165) is 32.5 Å². The van der Waals surface area contributed by atoms with E-state index in [2.05, 4.69) is 10.1 Å². The van der Waals surface area contributed by atoms with Crippen molar-refractivity contribution in [2.75, 3.05) is 39.3 Å². The normalized spacial score (nSPS) is 27.7. The number of hydrogen-bond acceptors (Lipinski definition) is 5. The Balaban J connectivity index is 1.48. The van der Waals surface area contributed by atoms with Crippen LogP contribution in [0.2, 0.25) is 0 Å². The minimum Gasteiger partial charge on any atom is -0.470 e. The Morgan fingerprint density at radius 3 is 2.59 bits per heavy atom. The van der Waals surface area contributed by atoms with Crippen LogP contribution in [0.3, 0.4) is 0 Å². The largest absolute Gasteiger partial charge is 0.470 e. The molecule has 2 amide bonds. The first-order valence-corrected chi connectivity index (χ1v) is 8.35. The van der Waals surface area contributed by atoms with Gasteiger partial charge < -0.3 is 20.2 Å². The summed E-state index contributed by atoms with van der Waals surface area (Å²) in [7, 11) is 0. The number of rotatable bonds is 3. The van der Waals surface area contributed by atoms with Gasteiger partial charge in [0.05, 0.1) is 0 Å². The van der Waals surface area contributed by atoms with Gasteiger partial charge in [-0.25, -0.2) is 4.79 Å². The Bertz CT molecular complexity index is 415. The summed E-state index contributed by atoms with van der Waals surface area (Å²) in [5, 5.41) is 4.11. The number of oxime groups is 1. The maximum Gasteiger partial charge on any atom is 0.314 e. The molecule has 2 saturated heterocycles. The summed E-state index contributed by atoms with van der Waals surface area (Å²) in [5.74, 6) is 0.942. The van der Waals surface area contributed by atoms with Gasteiger partial charge in [-0.3, -0.25) is 4.90 Å². The van der Waals surface area contributed by atoms with Crippen molar-refractivity contribution in [1.82, 2.24) is 9.80 Å². The van der Waals surface area contributed by atoms with Crippen LogP contribution in [-0.4, -0.2) is 67.2 Å². The molecule has 3 aliphatic heterocycles. The van der Waals surface area contributed by atoms with Gasteiger partial charge >= 0.3 is 6.03 Å². The summed E-state index contributed by atoms with van der Waals surface area (Å²) in [5.41, 5.74) is 5.31. The lowest BCUT2D eigenvalue weighted by Gasteiger charge is -2.35. The molecule has 0 aliphatic carbocycles. The molecule has 3 rings (SSSR count). The second-order valence-electron chi connectivity index (χ2n) is 6.43. The zero-order valence-electron chi connectivity index (χ0n) is 13.1. The lowest BCUT2D eigenvalue weighted by molar-refractivity contribution is -0.0171. The number of carbonyl (C=O) groups is 1. The molecule has 7 nitrogen and oxygen atoms in total. The van der Waals surface area contributed by atoms with Crippen LogP contribution in [0.15, 0.2) is 5.16 Å². The van der Waals surface area contributed by atoms with Crippen LogP contribution in [0.1, 0.15) is 32.1 Å². The fourth-order valence-electron chi connectivity index (χ4n) is 3.45. The summed E-state index contributed by atoms with van der Waals surface area (Å²) in [6.07, 6.45) is 5.63. The molecule has 0 aromatic carbocycles. The van der Waals surface area contributed by atoms with Crippen LogP contribution in [0.5, 0.6) is 0 Å². The maximum absolute atomic E-state index is 11.2. The molecule has 1 unspecified atom stereocenters. The van der Waals surface area contributed by atoms with Crippen LogP contribution in [0.25, 0.3) is 0 Å². The van der Waals surface area contributed by atoms with E-state index >= 15 is 0 Å². The summed E-state index contributed by atoms with van der Waals surface area (Å²) < 4.78 is 6.07. The third kappa shape index (κ3) is 3.82. The summed E-state index contributed by atoms with van der Waals surface area (Å²) in [6, 6.07) is -0.343. The van der Waals surface area contributed by atoms with E-state index in [-0.39, 0.29) is 18.1 Å². The molecule has 3 aliphatic rings. The number of urea groups is 1. The van der Waals surface area contributed by atoms with Crippen molar-refractivity contribution in [3.63, 3.8) is 0 Å². The highest BCUT2D eigenvalue weighted by Crippen LogP contribution is 2.22. The molecule has 3 heterocycles. The van der Waals surface area contributed by atoms with Gasteiger partial charge in [0.15, 0.2) is 6.61 Å². The standard InChI is InChI=1S/C15H26N4O3/c16-15(20)19-8-4-12(5-9-19)14-17-21-11-13(22-14)10-18-6-2-1-3-7-18/h12-13H,1-11H2,(H2,16,20).